The number of nitrogens with two attached hydrogens (primary N) is 2. The van der Waals surface area contributed by atoms with E-state index in [0.29, 0.717) is 24.0 Å². The third-order valence-corrected chi connectivity index (χ3v) is 20.6. The quantitative estimate of drug-likeness (QED) is 0.0501. The van der Waals surface area contributed by atoms with Crippen molar-refractivity contribution >= 4 is 126 Å². The van der Waals surface area contributed by atoms with Crippen molar-refractivity contribution < 1.29 is 77.3 Å². The summed E-state index contributed by atoms with van der Waals surface area (Å²) in [4.78, 5) is 198. The molecular formula is C61H87N15O16S4. The predicted molar refractivity (Wildman–Crippen MR) is 359 cm³/mol. The first-order chi connectivity index (χ1) is 45.7. The Morgan fingerprint density at radius 3 is 1.89 bits per heavy atom. The van der Waals surface area contributed by atoms with Crippen LogP contribution in [0.3, 0.4) is 0 Å². The number of aliphatic hydroxyl groups excluding tert-OH is 1. The van der Waals surface area contributed by atoms with Crippen LogP contribution in [0.1, 0.15) is 83.8 Å². The summed E-state index contributed by atoms with van der Waals surface area (Å²) in [5, 5.41) is 52.5. The molecule has 4 saturated heterocycles. The number of carbonyl (C=O) groups excluding carboxylic acids is 14. The molecule has 0 radical (unpaired) electrons. The lowest BCUT2D eigenvalue weighted by Crippen LogP contribution is -2.61. The Labute approximate surface area is 571 Å². The number of primary amides is 1. The number of carbonyl (C=O) groups is 14. The van der Waals surface area contributed by atoms with Gasteiger partial charge < -0.3 is 90.4 Å². The smallest absolute Gasteiger partial charge is 0.246 e. The van der Waals surface area contributed by atoms with Gasteiger partial charge in [-0.1, -0.05) is 113 Å². The molecule has 96 heavy (non-hydrogen) atoms. The minimum Gasteiger partial charge on any atom is -0.508 e. The first kappa shape index (κ1) is 77.1. The fourth-order valence-electron chi connectivity index (χ4n) is 10.6. The molecule has 35 heteroatoms. The summed E-state index contributed by atoms with van der Waals surface area (Å²) >= 11 is 0. The molecule has 2 aromatic rings. The normalized spacial score (nSPS) is 26.2. The zero-order valence-electron chi connectivity index (χ0n) is 53.6. The van der Waals surface area contributed by atoms with Crippen LogP contribution >= 0.6 is 43.2 Å². The van der Waals surface area contributed by atoms with Gasteiger partial charge in [0.15, 0.2) is 0 Å². The number of unbranched alkanes of at least 4 members (excludes halogenated alkanes) is 1. The van der Waals surface area contributed by atoms with Crippen LogP contribution in [0.4, 0.5) is 0 Å². The largest absolute Gasteiger partial charge is 0.508 e. The third-order valence-electron chi connectivity index (χ3n) is 15.8. The Kier molecular flexibility index (Phi) is 30.7. The molecule has 0 spiro atoms. The average molecular weight is 1410 g/mol. The molecule has 4 heterocycles. The van der Waals surface area contributed by atoms with Crippen molar-refractivity contribution in [3.05, 3.63) is 65.7 Å². The topological polar surface area (TPSA) is 479 Å². The lowest BCUT2D eigenvalue weighted by atomic mass is 10.0. The number of fused-ring (bicyclic) bond motifs is 6. The number of rotatable bonds is 18. The molecular weight excluding hydrogens is 1330 g/mol. The molecule has 0 saturated carbocycles. The Morgan fingerprint density at radius 2 is 1.24 bits per heavy atom. The molecule has 4 aliphatic rings. The van der Waals surface area contributed by atoms with E-state index in [9.17, 15) is 72.5 Å². The zero-order valence-corrected chi connectivity index (χ0v) is 56.9. The molecule has 0 unspecified atom stereocenters. The molecule has 31 nitrogen and oxygen atoms in total. The number of phenols is 1. The van der Waals surface area contributed by atoms with E-state index in [4.69, 9.17) is 11.5 Å². The SMILES string of the molecule is CC(C)C[C@@H]1NC(=O)[C@H](CCCCN)NC(=O)[C@H](Cc2ccc(O)cc2)NC(=O)CNC(=O)[C@@H]2CSSC[C@H](NC1=O)C(=O)N[C@@H](Cc1ccccc1)C(=O)N1C[C@H](O)C[C@H]1C(=O)N[C@H](C(N)=O)CSSC[C@H](NC(=O)[C@@H](NC(=O)CNC(=O)[C@@H]1CCC(=O)N1)C(C)C)C(=O)N2. The van der Waals surface area contributed by atoms with Gasteiger partial charge in [-0.05, 0) is 73.7 Å². The molecule has 18 N–H and O–H groups in total. The van der Waals surface area contributed by atoms with Crippen molar-refractivity contribution in [2.24, 2.45) is 23.3 Å². The van der Waals surface area contributed by atoms with Gasteiger partial charge in [0.2, 0.25) is 82.7 Å². The number of aromatic hydroxyl groups is 1. The van der Waals surface area contributed by atoms with E-state index in [-0.39, 0.29) is 98.6 Å². The van der Waals surface area contributed by atoms with Gasteiger partial charge in [0, 0.05) is 55.2 Å². The zero-order chi connectivity index (χ0) is 70.2. The number of nitrogens with zero attached hydrogens (tertiary/aromatic N) is 1. The minimum atomic E-state index is -1.60. The van der Waals surface area contributed by atoms with E-state index in [1.54, 1.807) is 58.0 Å². The fourth-order valence-corrected chi connectivity index (χ4v) is 15.3. The first-order valence-corrected chi connectivity index (χ1v) is 36.5. The van der Waals surface area contributed by atoms with Gasteiger partial charge in [0.05, 0.1) is 19.2 Å². The summed E-state index contributed by atoms with van der Waals surface area (Å²) in [7, 11) is 3.70. The molecule has 0 aliphatic carbocycles. The van der Waals surface area contributed by atoms with Crippen molar-refractivity contribution in [3.63, 3.8) is 0 Å². The number of nitrogens with one attached hydrogen (secondary N) is 12. The van der Waals surface area contributed by atoms with Crippen molar-refractivity contribution in [3.8, 4) is 5.75 Å². The summed E-state index contributed by atoms with van der Waals surface area (Å²) in [5.41, 5.74) is 12.7. The minimum absolute atomic E-state index is 0.00586. The summed E-state index contributed by atoms with van der Waals surface area (Å²) < 4.78 is 0. The van der Waals surface area contributed by atoms with Crippen LogP contribution in [0.2, 0.25) is 0 Å². The van der Waals surface area contributed by atoms with E-state index < -0.39 is 168 Å². The molecule has 4 fully saturated rings. The highest BCUT2D eigenvalue weighted by atomic mass is 33.1. The summed E-state index contributed by atoms with van der Waals surface area (Å²) in [6, 6.07) is -1.21. The summed E-state index contributed by atoms with van der Waals surface area (Å²) in [6.45, 7) is 5.19. The number of hydrogen-bond acceptors (Lipinski definition) is 21. The Bertz CT molecular complexity index is 3120. The number of phenolic OH excluding ortho intramolecular Hbond substituents is 1. The number of amides is 14. The van der Waals surface area contributed by atoms with Crippen molar-refractivity contribution in [1.29, 1.82) is 0 Å². The Morgan fingerprint density at radius 1 is 0.635 bits per heavy atom. The highest BCUT2D eigenvalue weighted by Gasteiger charge is 2.44. The van der Waals surface area contributed by atoms with Crippen LogP contribution in [-0.2, 0) is 80.0 Å². The molecule has 526 valence electrons. The van der Waals surface area contributed by atoms with Gasteiger partial charge in [-0.25, -0.2) is 0 Å². The first-order valence-electron chi connectivity index (χ1n) is 31.5. The fraction of sp³-hybridized carbons (Fsp3) is 0.574. The molecule has 2 bridgehead atoms. The van der Waals surface area contributed by atoms with Crippen molar-refractivity contribution in [2.75, 3.05) is 49.2 Å². The van der Waals surface area contributed by atoms with E-state index in [1.165, 1.54) is 24.3 Å². The number of aliphatic hydroxyl groups is 1. The molecule has 4 aliphatic heterocycles. The van der Waals surface area contributed by atoms with Crippen molar-refractivity contribution in [1.82, 2.24) is 68.7 Å². The van der Waals surface area contributed by atoms with Gasteiger partial charge in [-0.15, -0.1) is 0 Å². The number of benzene rings is 2. The second kappa shape index (κ2) is 38.2. The maximum atomic E-state index is 15.1. The summed E-state index contributed by atoms with van der Waals surface area (Å²) in [5.74, 6) is -14.1. The molecule has 0 aromatic heterocycles. The third kappa shape index (κ3) is 24.3. The van der Waals surface area contributed by atoms with E-state index >= 15 is 4.79 Å². The van der Waals surface area contributed by atoms with Gasteiger partial charge in [0.1, 0.15) is 72.2 Å². The molecule has 6 rings (SSSR count). The van der Waals surface area contributed by atoms with E-state index in [1.807, 2.05) is 0 Å². The van der Waals surface area contributed by atoms with Crippen LogP contribution in [-0.4, -0.2) is 220 Å². The van der Waals surface area contributed by atoms with Gasteiger partial charge in [0.25, 0.3) is 0 Å². The highest BCUT2D eigenvalue weighted by Crippen LogP contribution is 2.27. The summed E-state index contributed by atoms with van der Waals surface area (Å²) in [6.07, 6.45) is -0.841. The predicted octanol–water partition coefficient (Wildman–Crippen LogP) is -3.88. The van der Waals surface area contributed by atoms with Gasteiger partial charge in [-0.2, -0.15) is 0 Å². The Hall–Kier alpha value is -7.86. The molecule has 2 aromatic carbocycles. The Balaban J connectivity index is 1.42. The lowest BCUT2D eigenvalue weighted by molar-refractivity contribution is -0.142. The molecule has 14 amide bonds. The lowest BCUT2D eigenvalue weighted by Gasteiger charge is -2.31. The van der Waals surface area contributed by atoms with Gasteiger partial charge >= 0.3 is 0 Å². The second-order valence-electron chi connectivity index (χ2n) is 24.3. The van der Waals surface area contributed by atoms with Crippen LogP contribution in [0, 0.1) is 11.8 Å². The average Bonchev–Trinajstić information content (AvgIpc) is 1.61. The highest BCUT2D eigenvalue weighted by molar-refractivity contribution is 8.77. The van der Waals surface area contributed by atoms with Gasteiger partial charge in [-0.3, -0.25) is 67.1 Å². The molecule has 12 atom stereocenters. The van der Waals surface area contributed by atoms with Crippen LogP contribution < -0.4 is 75.3 Å². The second-order valence-corrected chi connectivity index (χ2v) is 29.4. The maximum absolute atomic E-state index is 15.1. The standard InChI is InChI=1S/C61H87N15O16S4/c1-31(2)20-39-55(86)73-44-29-96-94-28-43(53(84)65-24-48(80)67-40(21-34-13-15-35(77)16-14-34)56(87)68-37(54(85)69-39)12-8-9-19-62)72-58(89)45(74-60(91)50(32(3)4)75-49(81)25-64-52(83)38-17-18-47(79)66-38)30-95-93-27-42(51(63)82)71-59(90)46-23-36(78)26-76(46)61(92)41(70-57(44)88)22-33-10-6-5-7-11-33/h5-7,10-11,13-16,31-32,36-46,50,77-78H,8-9,12,17-30,62H2,1-4H3,(H2,63,82)(H,64,83)(H,65,84)(H,66,79)(H,67,80)(H,68,87)(H,69,85)(H,70,88)(H,71,90)(H,72,89)(H,73,86)(H,74,91)(H,75,81)/t36-,37+,38+,39+,40+,41+,42+,43+,44+,45+,46+,50+/m1/s1. The van der Waals surface area contributed by atoms with Crippen molar-refractivity contribution in [2.45, 2.75) is 158 Å². The van der Waals surface area contributed by atoms with Crippen LogP contribution in [0.25, 0.3) is 0 Å². The monoisotopic (exact) mass is 1410 g/mol. The van der Waals surface area contributed by atoms with E-state index in [2.05, 4.69) is 63.8 Å². The maximum Gasteiger partial charge on any atom is 0.246 e. The van der Waals surface area contributed by atoms with E-state index in [0.717, 1.165) is 48.1 Å². The van der Waals surface area contributed by atoms with Crippen LogP contribution in [0.5, 0.6) is 5.75 Å². The van der Waals surface area contributed by atoms with Crippen LogP contribution in [0.15, 0.2) is 54.6 Å². The number of hydrogen-bond donors (Lipinski definition) is 16.